The summed E-state index contributed by atoms with van der Waals surface area (Å²) in [5.41, 5.74) is -1.11. The van der Waals surface area contributed by atoms with E-state index in [4.69, 9.17) is 5.11 Å². The number of carboxylic acid groups (broad SMARTS) is 1. The summed E-state index contributed by atoms with van der Waals surface area (Å²) < 4.78 is 1.68. The van der Waals surface area contributed by atoms with Crippen molar-refractivity contribution in [3.8, 4) is 0 Å². The molecule has 80 valence electrons. The second-order valence-electron chi connectivity index (χ2n) is 2.64. The first-order chi connectivity index (χ1) is 6.91. The molecule has 0 radical (unpaired) electrons. The monoisotopic (exact) mass is 275 g/mol. The molecule has 0 bridgehead atoms. The number of rotatable bonds is 4. The van der Waals surface area contributed by atoms with Crippen LogP contribution in [0, 0.1) is 10.1 Å². The van der Waals surface area contributed by atoms with Gasteiger partial charge in [-0.2, -0.15) is 5.10 Å². The molecule has 0 spiro atoms. The normalized spacial score (nSPS) is 9.93. The maximum Gasteiger partial charge on any atom is 0.363 e. The quantitative estimate of drug-likeness (QED) is 0.662. The van der Waals surface area contributed by atoms with E-state index in [9.17, 15) is 14.9 Å². The summed E-state index contributed by atoms with van der Waals surface area (Å²) in [6.07, 6.45) is 1.05. The highest BCUT2D eigenvalue weighted by Crippen LogP contribution is 2.17. The molecule has 1 aromatic rings. The standard InChI is InChI=1S/C7H6BrN3O4/c1-4(8)2-10-3-5(11(14)15)6(9-10)7(12)13/h3H,1-2H2,(H,12,13). The Morgan fingerprint density at radius 2 is 2.40 bits per heavy atom. The summed E-state index contributed by atoms with van der Waals surface area (Å²) in [6, 6.07) is 0. The number of carboxylic acids is 1. The number of aromatic nitrogens is 2. The van der Waals surface area contributed by atoms with E-state index in [0.29, 0.717) is 4.48 Å². The Kier molecular flexibility index (Phi) is 3.20. The van der Waals surface area contributed by atoms with Crippen LogP contribution < -0.4 is 0 Å². The van der Waals surface area contributed by atoms with Gasteiger partial charge in [0.25, 0.3) is 0 Å². The van der Waals surface area contributed by atoms with Gasteiger partial charge in [0, 0.05) is 4.48 Å². The second-order valence-corrected chi connectivity index (χ2v) is 3.76. The number of nitro groups is 1. The molecule has 0 aliphatic carbocycles. The number of hydrogen-bond donors (Lipinski definition) is 1. The zero-order chi connectivity index (χ0) is 11.6. The fourth-order valence-electron chi connectivity index (χ4n) is 0.954. The minimum absolute atomic E-state index is 0.175. The molecule has 15 heavy (non-hydrogen) atoms. The highest BCUT2D eigenvalue weighted by molar-refractivity contribution is 9.11. The molecule has 0 amide bonds. The number of hydrogen-bond acceptors (Lipinski definition) is 4. The zero-order valence-corrected chi connectivity index (χ0v) is 8.97. The van der Waals surface area contributed by atoms with Crippen molar-refractivity contribution in [1.82, 2.24) is 9.78 Å². The number of carbonyl (C=O) groups is 1. The Balaban J connectivity index is 3.15. The van der Waals surface area contributed by atoms with Gasteiger partial charge in [0.2, 0.25) is 5.69 Å². The Morgan fingerprint density at radius 1 is 1.80 bits per heavy atom. The Hall–Kier alpha value is -1.70. The molecule has 7 nitrogen and oxygen atoms in total. The number of nitrogens with zero attached hydrogens (tertiary/aromatic N) is 3. The lowest BCUT2D eigenvalue weighted by Crippen LogP contribution is -2.03. The third kappa shape index (κ3) is 2.62. The Labute approximate surface area is 92.3 Å². The highest BCUT2D eigenvalue weighted by atomic mass is 79.9. The van der Waals surface area contributed by atoms with E-state index in [-0.39, 0.29) is 6.54 Å². The first kappa shape index (κ1) is 11.4. The van der Waals surface area contributed by atoms with E-state index in [1.165, 1.54) is 0 Å². The molecule has 0 unspecified atom stereocenters. The van der Waals surface area contributed by atoms with Gasteiger partial charge < -0.3 is 5.11 Å². The van der Waals surface area contributed by atoms with Gasteiger partial charge in [-0.05, 0) is 0 Å². The minimum atomic E-state index is -1.43. The predicted octanol–water partition coefficient (Wildman–Crippen LogP) is 1.40. The van der Waals surface area contributed by atoms with Crippen molar-refractivity contribution >= 4 is 27.6 Å². The zero-order valence-electron chi connectivity index (χ0n) is 7.38. The van der Waals surface area contributed by atoms with Crippen LogP contribution in [-0.4, -0.2) is 25.8 Å². The van der Waals surface area contributed by atoms with Crippen molar-refractivity contribution in [3.63, 3.8) is 0 Å². The maximum absolute atomic E-state index is 10.6. The lowest BCUT2D eigenvalue weighted by molar-refractivity contribution is -0.385. The molecule has 1 heterocycles. The van der Waals surface area contributed by atoms with Crippen LogP contribution in [-0.2, 0) is 6.54 Å². The average Bonchev–Trinajstić information content (AvgIpc) is 2.46. The lowest BCUT2D eigenvalue weighted by atomic mass is 10.4. The van der Waals surface area contributed by atoms with E-state index < -0.39 is 22.3 Å². The van der Waals surface area contributed by atoms with E-state index >= 15 is 0 Å². The second kappa shape index (κ2) is 4.22. The molecule has 0 atom stereocenters. The van der Waals surface area contributed by atoms with Gasteiger partial charge >= 0.3 is 11.7 Å². The molecule has 8 heteroatoms. The summed E-state index contributed by atoms with van der Waals surface area (Å²) >= 11 is 3.05. The molecule has 0 saturated heterocycles. The van der Waals surface area contributed by atoms with Crippen molar-refractivity contribution in [2.75, 3.05) is 0 Å². The van der Waals surface area contributed by atoms with Crippen LogP contribution >= 0.6 is 15.9 Å². The van der Waals surface area contributed by atoms with E-state index in [0.717, 1.165) is 10.9 Å². The molecular formula is C7H6BrN3O4. The van der Waals surface area contributed by atoms with E-state index in [1.807, 2.05) is 0 Å². The van der Waals surface area contributed by atoms with Gasteiger partial charge in [-0.1, -0.05) is 22.5 Å². The van der Waals surface area contributed by atoms with Crippen molar-refractivity contribution < 1.29 is 14.8 Å². The Morgan fingerprint density at radius 3 is 2.73 bits per heavy atom. The molecule has 0 aliphatic heterocycles. The largest absolute Gasteiger partial charge is 0.476 e. The van der Waals surface area contributed by atoms with Crippen LogP contribution in [0.15, 0.2) is 17.3 Å². The fraction of sp³-hybridized carbons (Fsp3) is 0.143. The van der Waals surface area contributed by atoms with Crippen molar-refractivity contribution in [3.05, 3.63) is 33.1 Å². The SMILES string of the molecule is C=C(Br)Cn1cc([N+](=O)[O-])c(C(=O)O)n1. The summed E-state index contributed by atoms with van der Waals surface area (Å²) in [7, 11) is 0. The highest BCUT2D eigenvalue weighted by Gasteiger charge is 2.24. The van der Waals surface area contributed by atoms with Crippen LogP contribution in [0.5, 0.6) is 0 Å². The Bertz CT molecular complexity index is 408. The minimum Gasteiger partial charge on any atom is -0.476 e. The van der Waals surface area contributed by atoms with E-state index in [1.54, 1.807) is 0 Å². The fourth-order valence-corrected chi connectivity index (χ4v) is 1.21. The first-order valence-corrected chi connectivity index (χ1v) is 4.49. The van der Waals surface area contributed by atoms with Crippen LogP contribution in [0.4, 0.5) is 5.69 Å². The van der Waals surface area contributed by atoms with Crippen LogP contribution in [0.25, 0.3) is 0 Å². The molecular weight excluding hydrogens is 270 g/mol. The van der Waals surface area contributed by atoms with Crippen molar-refractivity contribution in [2.45, 2.75) is 6.54 Å². The molecule has 1 aromatic heterocycles. The van der Waals surface area contributed by atoms with E-state index in [2.05, 4.69) is 27.6 Å². The summed E-state index contributed by atoms with van der Waals surface area (Å²) in [5.74, 6) is -1.43. The summed E-state index contributed by atoms with van der Waals surface area (Å²) in [5, 5.41) is 22.7. The van der Waals surface area contributed by atoms with Gasteiger partial charge in [0.05, 0.1) is 11.5 Å². The van der Waals surface area contributed by atoms with Gasteiger partial charge in [0.1, 0.15) is 6.20 Å². The molecule has 1 N–H and O–H groups in total. The molecule has 0 aromatic carbocycles. The first-order valence-electron chi connectivity index (χ1n) is 3.70. The molecule has 1 rings (SSSR count). The van der Waals surface area contributed by atoms with Gasteiger partial charge in [0.15, 0.2) is 0 Å². The van der Waals surface area contributed by atoms with Gasteiger partial charge in [-0.3, -0.25) is 14.8 Å². The third-order valence-electron chi connectivity index (χ3n) is 1.48. The maximum atomic E-state index is 10.6. The van der Waals surface area contributed by atoms with Crippen LogP contribution in [0.1, 0.15) is 10.5 Å². The van der Waals surface area contributed by atoms with Crippen molar-refractivity contribution in [2.24, 2.45) is 0 Å². The van der Waals surface area contributed by atoms with Crippen LogP contribution in [0.2, 0.25) is 0 Å². The number of aromatic carboxylic acids is 1. The number of halogens is 1. The topological polar surface area (TPSA) is 98.3 Å². The average molecular weight is 276 g/mol. The predicted molar refractivity (Wildman–Crippen MR) is 53.9 cm³/mol. The molecule has 0 aliphatic rings. The lowest BCUT2D eigenvalue weighted by Gasteiger charge is -1.95. The van der Waals surface area contributed by atoms with Crippen LogP contribution in [0.3, 0.4) is 0 Å². The molecule has 0 saturated carbocycles. The molecule has 0 fully saturated rings. The van der Waals surface area contributed by atoms with Crippen molar-refractivity contribution in [1.29, 1.82) is 0 Å². The van der Waals surface area contributed by atoms with Gasteiger partial charge in [-0.25, -0.2) is 4.79 Å². The third-order valence-corrected chi connectivity index (χ3v) is 1.73. The number of allylic oxidation sites excluding steroid dienone is 1. The van der Waals surface area contributed by atoms with Gasteiger partial charge in [-0.15, -0.1) is 0 Å². The summed E-state index contributed by atoms with van der Waals surface area (Å²) in [4.78, 5) is 20.3. The smallest absolute Gasteiger partial charge is 0.363 e. The summed E-state index contributed by atoms with van der Waals surface area (Å²) in [6.45, 7) is 3.69.